The summed E-state index contributed by atoms with van der Waals surface area (Å²) in [5.41, 5.74) is 7.69. The van der Waals surface area contributed by atoms with Gasteiger partial charge in [-0.05, 0) is 49.9 Å². The third-order valence-electron chi connectivity index (χ3n) is 4.96. The predicted molar refractivity (Wildman–Crippen MR) is 108 cm³/mol. The van der Waals surface area contributed by atoms with Gasteiger partial charge >= 0.3 is 0 Å². The predicted octanol–water partition coefficient (Wildman–Crippen LogP) is 3.06. The van der Waals surface area contributed by atoms with Crippen molar-refractivity contribution >= 4 is 11.4 Å². The van der Waals surface area contributed by atoms with Crippen molar-refractivity contribution in [3.8, 4) is 0 Å². The first-order valence-corrected chi connectivity index (χ1v) is 8.70. The number of nitrogens with one attached hydrogen (secondary N) is 4. The van der Waals surface area contributed by atoms with Gasteiger partial charge in [-0.15, -0.1) is 0 Å². The van der Waals surface area contributed by atoms with Gasteiger partial charge in [-0.1, -0.05) is 7.43 Å². The van der Waals surface area contributed by atoms with Crippen LogP contribution in [0.2, 0.25) is 0 Å². The molecule has 1 aromatic carbocycles. The molecule has 0 bridgehead atoms. The number of nitrogens with two attached hydrogens (primary N) is 1. The van der Waals surface area contributed by atoms with Gasteiger partial charge in [-0.25, -0.2) is 9.82 Å². The van der Waals surface area contributed by atoms with E-state index in [1.54, 1.807) is 0 Å². The van der Waals surface area contributed by atoms with E-state index in [0.717, 1.165) is 50.5 Å². The van der Waals surface area contributed by atoms with Crippen LogP contribution in [-0.4, -0.2) is 38.5 Å². The Bertz CT molecular complexity index is 515. The van der Waals surface area contributed by atoms with E-state index < -0.39 is 6.17 Å². The number of halogens is 2. The minimum absolute atomic E-state index is 0. The molecule has 0 unspecified atom stereocenters. The van der Waals surface area contributed by atoms with Crippen LogP contribution in [0.3, 0.4) is 0 Å². The van der Waals surface area contributed by atoms with Gasteiger partial charge in [0.25, 0.3) is 0 Å². The molecule has 1 aliphatic carbocycles. The number of rotatable bonds is 8. The van der Waals surface area contributed by atoms with Crippen LogP contribution >= 0.6 is 0 Å². The molecule has 1 aromatic rings. The molecular formula is C18H37F2N5O. The number of hydrazine groups is 2. The van der Waals surface area contributed by atoms with E-state index in [2.05, 4.69) is 45.9 Å². The lowest BCUT2D eigenvalue weighted by molar-refractivity contribution is -0.103. The van der Waals surface area contributed by atoms with Crippen molar-refractivity contribution in [1.29, 1.82) is 0 Å². The highest BCUT2D eigenvalue weighted by atomic mass is 19.1. The molecule has 26 heavy (non-hydrogen) atoms. The molecule has 2 fully saturated rings. The van der Waals surface area contributed by atoms with Crippen LogP contribution in [0.4, 0.5) is 20.5 Å². The smallest absolute Gasteiger partial charge is 0.100 e. The van der Waals surface area contributed by atoms with E-state index in [4.69, 9.17) is 10.6 Å². The summed E-state index contributed by atoms with van der Waals surface area (Å²) in [6.07, 6.45) is 2.55. The number of hydrogen-bond donors (Lipinski definition) is 5. The van der Waals surface area contributed by atoms with E-state index in [0.29, 0.717) is 18.9 Å². The van der Waals surface area contributed by atoms with Crippen LogP contribution in [0.5, 0.6) is 0 Å². The molecule has 1 saturated heterocycles. The lowest BCUT2D eigenvalue weighted by atomic mass is 9.86. The van der Waals surface area contributed by atoms with Crippen LogP contribution in [-0.2, 0) is 4.74 Å². The first-order valence-electron chi connectivity index (χ1n) is 8.70. The highest BCUT2D eigenvalue weighted by Crippen LogP contribution is 2.28. The van der Waals surface area contributed by atoms with E-state index in [1.807, 2.05) is 0 Å². The average Bonchev–Trinajstić information content (AvgIpc) is 2.57. The molecule has 0 spiro atoms. The fourth-order valence-electron chi connectivity index (χ4n) is 3.30. The molecule has 0 atom stereocenters. The third-order valence-corrected chi connectivity index (χ3v) is 4.96. The van der Waals surface area contributed by atoms with Crippen LogP contribution in [0.15, 0.2) is 24.3 Å². The Labute approximate surface area is 157 Å². The Morgan fingerprint density at radius 1 is 1.08 bits per heavy atom. The molecule has 1 saturated carbocycles. The quantitative estimate of drug-likeness (QED) is 0.354. The largest absolute Gasteiger partial charge is 0.384 e. The SMILES string of the molecule is C.F.NNNCC1(CNc2ccc(NC3CCC(F)CC3)cc2)COC1.[HH].[HH]. The summed E-state index contributed by atoms with van der Waals surface area (Å²) in [5, 5.41) is 6.97. The molecule has 3 rings (SSSR count). The van der Waals surface area contributed by atoms with Gasteiger partial charge in [0.05, 0.1) is 13.2 Å². The maximum atomic E-state index is 13.2. The average molecular weight is 378 g/mol. The molecule has 0 aromatic heterocycles. The van der Waals surface area contributed by atoms with Crippen LogP contribution in [0.1, 0.15) is 36.0 Å². The van der Waals surface area contributed by atoms with Crippen molar-refractivity contribution in [2.45, 2.75) is 45.3 Å². The van der Waals surface area contributed by atoms with Gasteiger partial charge in [0, 0.05) is 38.8 Å². The van der Waals surface area contributed by atoms with Gasteiger partial charge in [-0.2, -0.15) is 5.53 Å². The van der Waals surface area contributed by atoms with E-state index >= 15 is 0 Å². The molecule has 6 nitrogen and oxygen atoms in total. The standard InChI is InChI=1S/C17H28FN5O.CH4.FH.2H2/c18-13-1-3-15(4-2-13)22-16-7-5-14(6-8-16)20-9-17(10-21-23-19)11-24-12-17;;;;/h5-8,13,15,20-23H,1-4,9-12,19H2;1H4;3*1H. The van der Waals surface area contributed by atoms with Crippen LogP contribution in [0, 0.1) is 5.41 Å². The van der Waals surface area contributed by atoms with Crippen molar-refractivity contribution in [2.75, 3.05) is 36.9 Å². The Morgan fingerprint density at radius 3 is 2.23 bits per heavy atom. The summed E-state index contributed by atoms with van der Waals surface area (Å²) < 4.78 is 18.5. The summed E-state index contributed by atoms with van der Waals surface area (Å²) in [4.78, 5) is 0. The van der Waals surface area contributed by atoms with E-state index in [1.165, 1.54) is 0 Å². The van der Waals surface area contributed by atoms with Crippen LogP contribution in [0.25, 0.3) is 0 Å². The highest BCUT2D eigenvalue weighted by molar-refractivity contribution is 5.54. The monoisotopic (exact) mass is 377 g/mol. The zero-order valence-corrected chi connectivity index (χ0v) is 14.4. The molecule has 1 aliphatic heterocycles. The van der Waals surface area contributed by atoms with Gasteiger partial charge < -0.3 is 15.4 Å². The fraction of sp³-hybridized carbons (Fsp3) is 0.667. The summed E-state index contributed by atoms with van der Waals surface area (Å²) in [5.74, 6) is 5.27. The Balaban J connectivity index is 0. The van der Waals surface area contributed by atoms with Gasteiger partial charge in [0.15, 0.2) is 0 Å². The van der Waals surface area contributed by atoms with Crippen molar-refractivity contribution < 1.29 is 16.7 Å². The summed E-state index contributed by atoms with van der Waals surface area (Å²) >= 11 is 0. The molecule has 0 amide bonds. The summed E-state index contributed by atoms with van der Waals surface area (Å²) in [6, 6.07) is 8.69. The number of ether oxygens (including phenoxy) is 1. The van der Waals surface area contributed by atoms with Gasteiger partial charge in [0.2, 0.25) is 0 Å². The second-order valence-corrected chi connectivity index (χ2v) is 7.01. The number of alkyl halides is 1. The van der Waals surface area contributed by atoms with E-state index in [9.17, 15) is 4.39 Å². The number of benzene rings is 1. The second-order valence-electron chi connectivity index (χ2n) is 7.01. The fourth-order valence-corrected chi connectivity index (χ4v) is 3.30. The molecule has 1 heterocycles. The summed E-state index contributed by atoms with van der Waals surface area (Å²) in [7, 11) is 0. The topological polar surface area (TPSA) is 83.4 Å². The third kappa shape index (κ3) is 6.05. The van der Waals surface area contributed by atoms with Gasteiger partial charge in [-0.3, -0.25) is 10.5 Å². The minimum atomic E-state index is -0.610. The Kier molecular flexibility index (Phi) is 9.21. The van der Waals surface area contributed by atoms with Gasteiger partial charge in [0.1, 0.15) is 6.17 Å². The molecule has 8 heteroatoms. The molecule has 0 radical (unpaired) electrons. The Morgan fingerprint density at radius 2 is 1.69 bits per heavy atom. The lowest BCUT2D eigenvalue weighted by Gasteiger charge is -2.41. The van der Waals surface area contributed by atoms with Crippen molar-refractivity contribution in [2.24, 2.45) is 11.3 Å². The number of anilines is 2. The van der Waals surface area contributed by atoms with E-state index in [-0.39, 0.29) is 20.4 Å². The lowest BCUT2D eigenvalue weighted by Crippen LogP contribution is -2.57. The van der Waals surface area contributed by atoms with Crippen molar-refractivity contribution in [3.05, 3.63) is 24.3 Å². The molecule has 2 aliphatic rings. The van der Waals surface area contributed by atoms with Crippen LogP contribution < -0.4 is 27.4 Å². The minimum Gasteiger partial charge on any atom is -0.384 e. The number of hydrogen-bond acceptors (Lipinski definition) is 6. The molecule has 154 valence electrons. The summed E-state index contributed by atoms with van der Waals surface area (Å²) in [6.45, 7) is 3.04. The zero-order chi connectivity index (χ0) is 16.8. The highest BCUT2D eigenvalue weighted by Gasteiger charge is 2.38. The Hall–Kier alpha value is -1.48. The second kappa shape index (κ2) is 10.6. The van der Waals surface area contributed by atoms with Crippen molar-refractivity contribution in [1.82, 2.24) is 11.0 Å². The normalized spacial score (nSPS) is 23.8. The first-order chi connectivity index (χ1) is 11.7. The maximum Gasteiger partial charge on any atom is 0.100 e. The first kappa shape index (κ1) is 22.6. The zero-order valence-electron chi connectivity index (χ0n) is 14.4. The maximum absolute atomic E-state index is 13.2. The van der Waals surface area contributed by atoms with Crippen molar-refractivity contribution in [3.63, 3.8) is 0 Å². The molecule has 6 N–H and O–H groups in total. The molecular weight excluding hydrogens is 340 g/mol.